The molecule has 2 heterocycles. The third-order valence-corrected chi connectivity index (χ3v) is 7.68. The van der Waals surface area contributed by atoms with Gasteiger partial charge in [-0.2, -0.15) is 0 Å². The zero-order chi connectivity index (χ0) is 19.0. The Bertz CT molecular complexity index is 954. The van der Waals surface area contributed by atoms with Crippen LogP contribution in [0.3, 0.4) is 0 Å². The van der Waals surface area contributed by atoms with Crippen LogP contribution in [-0.2, 0) is 15.6 Å². The lowest BCUT2D eigenvalue weighted by Gasteiger charge is -2.26. The lowest BCUT2D eigenvalue weighted by molar-refractivity contribution is 0.414. The van der Waals surface area contributed by atoms with Gasteiger partial charge in [-0.05, 0) is 36.8 Å². The molecule has 1 fully saturated rings. The molecular weight excluding hydrogens is 380 g/mol. The van der Waals surface area contributed by atoms with Gasteiger partial charge in [0, 0.05) is 11.4 Å². The number of benzene rings is 2. The molecule has 0 radical (unpaired) electrons. The molecule has 2 aliphatic rings. The van der Waals surface area contributed by atoms with Crippen LogP contribution in [0.15, 0.2) is 53.5 Å². The van der Waals surface area contributed by atoms with Crippen molar-refractivity contribution in [1.29, 1.82) is 0 Å². The van der Waals surface area contributed by atoms with Crippen LogP contribution in [0.1, 0.15) is 11.1 Å². The fourth-order valence-corrected chi connectivity index (χ4v) is 6.43. The molecule has 2 atom stereocenters. The molecule has 5 nitrogen and oxygen atoms in total. The van der Waals surface area contributed by atoms with Crippen molar-refractivity contribution in [2.45, 2.75) is 24.8 Å². The quantitative estimate of drug-likeness (QED) is 0.786. The van der Waals surface area contributed by atoms with Gasteiger partial charge in [0.05, 0.1) is 30.7 Å². The van der Waals surface area contributed by atoms with E-state index in [9.17, 15) is 8.42 Å². The molecule has 4 rings (SSSR count). The molecule has 0 spiro atoms. The summed E-state index contributed by atoms with van der Waals surface area (Å²) in [6.45, 7) is 2.05. The molecule has 0 unspecified atom stereocenters. The third-order valence-electron chi connectivity index (χ3n) is 4.95. The first kappa shape index (κ1) is 18.4. The van der Waals surface area contributed by atoms with E-state index >= 15 is 0 Å². The number of ether oxygens (including phenoxy) is 1. The summed E-state index contributed by atoms with van der Waals surface area (Å²) < 4.78 is 29.4. The SMILES string of the molecule is COc1ccc(CSC2=N[C@H]3CS(=O)(=O)C[C@H]3N2c2ccc(C)cc2)cc1. The fourth-order valence-electron chi connectivity index (χ4n) is 3.51. The molecule has 1 saturated heterocycles. The first-order valence-corrected chi connectivity index (χ1v) is 11.7. The van der Waals surface area contributed by atoms with Crippen molar-refractivity contribution < 1.29 is 13.2 Å². The Morgan fingerprint density at radius 1 is 1.11 bits per heavy atom. The van der Waals surface area contributed by atoms with E-state index in [1.54, 1.807) is 18.9 Å². The molecule has 2 aromatic carbocycles. The van der Waals surface area contributed by atoms with E-state index in [1.165, 1.54) is 11.1 Å². The van der Waals surface area contributed by atoms with Gasteiger partial charge in [-0.15, -0.1) is 0 Å². The van der Waals surface area contributed by atoms with Crippen molar-refractivity contribution in [2.24, 2.45) is 4.99 Å². The zero-order valence-electron chi connectivity index (χ0n) is 15.3. The van der Waals surface area contributed by atoms with Crippen molar-refractivity contribution in [3.63, 3.8) is 0 Å². The van der Waals surface area contributed by atoms with Gasteiger partial charge >= 0.3 is 0 Å². The van der Waals surface area contributed by atoms with Crippen LogP contribution < -0.4 is 9.64 Å². The van der Waals surface area contributed by atoms with Crippen LogP contribution in [-0.4, -0.2) is 44.3 Å². The molecule has 0 saturated carbocycles. The summed E-state index contributed by atoms with van der Waals surface area (Å²) in [7, 11) is -1.37. The van der Waals surface area contributed by atoms with Crippen LogP contribution in [0.4, 0.5) is 5.69 Å². The lowest BCUT2D eigenvalue weighted by Crippen LogP contribution is -2.39. The van der Waals surface area contributed by atoms with Crippen LogP contribution >= 0.6 is 11.8 Å². The van der Waals surface area contributed by atoms with Crippen LogP contribution in [0.5, 0.6) is 5.75 Å². The van der Waals surface area contributed by atoms with E-state index in [0.29, 0.717) is 0 Å². The largest absolute Gasteiger partial charge is 0.497 e. The molecular formula is C20H22N2O3S2. The van der Waals surface area contributed by atoms with E-state index in [0.717, 1.165) is 22.4 Å². The number of methoxy groups -OCH3 is 1. The number of hydrogen-bond acceptors (Lipinski definition) is 6. The molecule has 0 amide bonds. The third kappa shape index (κ3) is 3.84. The van der Waals surface area contributed by atoms with Gasteiger partial charge in [0.15, 0.2) is 15.0 Å². The van der Waals surface area contributed by atoms with Crippen LogP contribution in [0, 0.1) is 6.92 Å². The van der Waals surface area contributed by atoms with Gasteiger partial charge in [0.25, 0.3) is 0 Å². The van der Waals surface area contributed by atoms with Crippen molar-refractivity contribution >= 4 is 32.5 Å². The monoisotopic (exact) mass is 402 g/mol. The maximum atomic E-state index is 12.1. The Morgan fingerprint density at radius 3 is 2.48 bits per heavy atom. The number of aliphatic imine (C=N–C) groups is 1. The summed E-state index contributed by atoms with van der Waals surface area (Å²) in [5, 5.41) is 0.902. The van der Waals surface area contributed by atoms with Gasteiger partial charge in [-0.1, -0.05) is 41.6 Å². The highest BCUT2D eigenvalue weighted by Crippen LogP contribution is 2.36. The molecule has 7 heteroatoms. The summed E-state index contributed by atoms with van der Waals surface area (Å²) in [5.41, 5.74) is 3.36. The first-order chi connectivity index (χ1) is 12.9. The van der Waals surface area contributed by atoms with Crippen LogP contribution in [0.25, 0.3) is 0 Å². The summed E-state index contributed by atoms with van der Waals surface area (Å²) in [6.07, 6.45) is 0. The Balaban J connectivity index is 1.57. The smallest absolute Gasteiger partial charge is 0.164 e. The second kappa shape index (κ2) is 7.20. The van der Waals surface area contributed by atoms with Crippen molar-refractivity contribution in [2.75, 3.05) is 23.5 Å². The summed E-state index contributed by atoms with van der Waals surface area (Å²) in [4.78, 5) is 6.89. The molecule has 0 aliphatic carbocycles. The summed E-state index contributed by atoms with van der Waals surface area (Å²) in [5.74, 6) is 1.93. The molecule has 2 aliphatic heterocycles. The topological polar surface area (TPSA) is 59.0 Å². The van der Waals surface area contributed by atoms with Gasteiger partial charge < -0.3 is 9.64 Å². The van der Waals surface area contributed by atoms with E-state index in [-0.39, 0.29) is 23.6 Å². The number of hydrogen-bond donors (Lipinski definition) is 0. The number of sulfone groups is 1. The number of thioether (sulfide) groups is 1. The molecule has 142 valence electrons. The minimum atomic E-state index is -3.02. The normalized spacial score (nSPS) is 23.2. The molecule has 0 aromatic heterocycles. The number of aryl methyl sites for hydroxylation is 1. The molecule has 27 heavy (non-hydrogen) atoms. The van der Waals surface area contributed by atoms with Crippen molar-refractivity contribution in [3.8, 4) is 5.75 Å². The highest BCUT2D eigenvalue weighted by molar-refractivity contribution is 8.13. The minimum Gasteiger partial charge on any atom is -0.497 e. The minimum absolute atomic E-state index is 0.101. The maximum Gasteiger partial charge on any atom is 0.164 e. The number of amidine groups is 1. The first-order valence-electron chi connectivity index (χ1n) is 8.85. The molecule has 0 N–H and O–H groups in total. The van der Waals surface area contributed by atoms with Crippen molar-refractivity contribution in [3.05, 3.63) is 59.7 Å². The second-order valence-electron chi connectivity index (χ2n) is 6.97. The van der Waals surface area contributed by atoms with Crippen LogP contribution in [0.2, 0.25) is 0 Å². The van der Waals surface area contributed by atoms with E-state index < -0.39 is 9.84 Å². The predicted molar refractivity (Wildman–Crippen MR) is 112 cm³/mol. The highest BCUT2D eigenvalue weighted by atomic mass is 32.2. The Labute approximate surface area is 164 Å². The fraction of sp³-hybridized carbons (Fsp3) is 0.350. The number of fused-ring (bicyclic) bond motifs is 1. The average molecular weight is 403 g/mol. The zero-order valence-corrected chi connectivity index (χ0v) is 17.0. The average Bonchev–Trinajstić information content (AvgIpc) is 3.12. The van der Waals surface area contributed by atoms with Gasteiger partial charge in [0.2, 0.25) is 0 Å². The predicted octanol–water partition coefficient (Wildman–Crippen LogP) is 3.28. The summed E-state index contributed by atoms with van der Waals surface area (Å²) in [6, 6.07) is 15.9. The Hall–Kier alpha value is -1.99. The van der Waals surface area contributed by atoms with E-state index in [4.69, 9.17) is 9.73 Å². The highest BCUT2D eigenvalue weighted by Gasteiger charge is 2.47. The standard InChI is InChI=1S/C20H22N2O3S2/c1-14-3-7-16(8-4-14)22-19-13-27(23,24)12-18(19)21-20(22)26-11-15-5-9-17(25-2)10-6-15/h3-10,18-19H,11-13H2,1-2H3/t18-,19+/m0/s1. The Kier molecular flexibility index (Phi) is 4.90. The lowest BCUT2D eigenvalue weighted by atomic mass is 10.1. The maximum absolute atomic E-state index is 12.1. The van der Waals surface area contributed by atoms with Crippen molar-refractivity contribution in [1.82, 2.24) is 0 Å². The van der Waals surface area contributed by atoms with E-state index in [2.05, 4.69) is 17.0 Å². The van der Waals surface area contributed by atoms with Gasteiger partial charge in [0.1, 0.15) is 5.75 Å². The van der Waals surface area contributed by atoms with Gasteiger partial charge in [-0.25, -0.2) is 8.42 Å². The number of anilines is 1. The number of rotatable bonds is 4. The van der Waals surface area contributed by atoms with E-state index in [1.807, 2.05) is 43.3 Å². The van der Waals surface area contributed by atoms with Gasteiger partial charge in [-0.3, -0.25) is 4.99 Å². The Morgan fingerprint density at radius 2 is 1.81 bits per heavy atom. The second-order valence-corrected chi connectivity index (χ2v) is 10.1. The molecule has 2 aromatic rings. The number of nitrogens with zero attached hydrogens (tertiary/aromatic N) is 2. The summed E-state index contributed by atoms with van der Waals surface area (Å²) >= 11 is 1.65. The molecule has 0 bridgehead atoms.